The van der Waals surface area contributed by atoms with E-state index in [1.807, 2.05) is 50.3 Å². The second kappa shape index (κ2) is 7.67. The molecular weight excluding hydrogens is 238 g/mol. The summed E-state index contributed by atoms with van der Waals surface area (Å²) in [4.78, 5) is 15.7. The van der Waals surface area contributed by atoms with Gasteiger partial charge in [0.05, 0.1) is 6.54 Å². The Morgan fingerprint density at radius 2 is 1.79 bits per heavy atom. The molecule has 106 valence electrons. The molecule has 0 aromatic heterocycles. The summed E-state index contributed by atoms with van der Waals surface area (Å²) in [5.74, 6) is 0.130. The molecule has 0 radical (unpaired) electrons. The summed E-state index contributed by atoms with van der Waals surface area (Å²) in [5.41, 5.74) is 2.12. The Morgan fingerprint density at radius 3 is 2.32 bits per heavy atom. The third-order valence-corrected chi connectivity index (χ3v) is 3.10. The number of nitrogens with zero attached hydrogens (tertiary/aromatic N) is 2. The Kier molecular flexibility index (Phi) is 6.19. The van der Waals surface area contributed by atoms with Crippen molar-refractivity contribution in [2.75, 3.05) is 44.4 Å². The van der Waals surface area contributed by atoms with Crippen LogP contribution in [0.4, 0.5) is 11.4 Å². The van der Waals surface area contributed by atoms with E-state index in [1.165, 1.54) is 0 Å². The second-order valence-electron chi connectivity index (χ2n) is 4.96. The van der Waals surface area contributed by atoms with Gasteiger partial charge in [0.15, 0.2) is 0 Å². The van der Waals surface area contributed by atoms with E-state index in [4.69, 9.17) is 0 Å². The molecule has 4 nitrogen and oxygen atoms in total. The fraction of sp³-hybridized carbons (Fsp3) is 0.533. The lowest BCUT2D eigenvalue weighted by Gasteiger charge is -2.18. The molecule has 0 aliphatic heterocycles. The molecule has 1 amide bonds. The summed E-state index contributed by atoms with van der Waals surface area (Å²) in [7, 11) is 5.87. The average Bonchev–Trinajstić information content (AvgIpc) is 2.42. The first kappa shape index (κ1) is 15.3. The highest BCUT2D eigenvalue weighted by atomic mass is 16.2. The highest BCUT2D eigenvalue weighted by Crippen LogP contribution is 2.15. The van der Waals surface area contributed by atoms with Gasteiger partial charge in [0.25, 0.3) is 0 Å². The average molecular weight is 263 g/mol. The molecule has 1 aromatic rings. The topological polar surface area (TPSA) is 35.6 Å². The number of likely N-dealkylation sites (N-methyl/N-ethyl adjacent to an activating group) is 1. The van der Waals surface area contributed by atoms with Gasteiger partial charge in [-0.05, 0) is 30.7 Å². The molecule has 0 fully saturated rings. The molecule has 0 aliphatic rings. The Hall–Kier alpha value is -1.71. The zero-order valence-electron chi connectivity index (χ0n) is 12.4. The van der Waals surface area contributed by atoms with Crippen molar-refractivity contribution < 1.29 is 4.79 Å². The van der Waals surface area contributed by atoms with Crippen molar-refractivity contribution in [3.8, 4) is 0 Å². The van der Waals surface area contributed by atoms with Crippen LogP contribution in [-0.4, -0.2) is 45.0 Å². The van der Waals surface area contributed by atoms with Crippen molar-refractivity contribution in [1.29, 1.82) is 0 Å². The Labute approximate surface area is 116 Å². The van der Waals surface area contributed by atoms with Crippen molar-refractivity contribution in [2.45, 2.75) is 19.8 Å². The minimum atomic E-state index is 0.130. The summed E-state index contributed by atoms with van der Waals surface area (Å²) >= 11 is 0. The van der Waals surface area contributed by atoms with E-state index in [-0.39, 0.29) is 5.91 Å². The third kappa shape index (κ3) is 5.20. The van der Waals surface area contributed by atoms with Crippen LogP contribution in [0.2, 0.25) is 0 Å². The molecule has 1 rings (SSSR count). The molecule has 0 bridgehead atoms. The number of anilines is 2. The number of amides is 1. The van der Waals surface area contributed by atoms with Crippen molar-refractivity contribution >= 4 is 17.3 Å². The molecule has 0 saturated heterocycles. The normalized spacial score (nSPS) is 10.1. The van der Waals surface area contributed by atoms with Crippen LogP contribution in [0.1, 0.15) is 19.8 Å². The van der Waals surface area contributed by atoms with Crippen LogP contribution in [0.3, 0.4) is 0 Å². The van der Waals surface area contributed by atoms with Gasteiger partial charge in [0.1, 0.15) is 0 Å². The predicted molar refractivity (Wildman–Crippen MR) is 81.8 cm³/mol. The smallest absolute Gasteiger partial charge is 0.241 e. The number of carbonyl (C=O) groups excluding carboxylic acids is 1. The first-order valence-corrected chi connectivity index (χ1v) is 6.79. The number of unbranched alkanes of at least 4 members (excludes halogenated alkanes) is 1. The summed E-state index contributed by atoms with van der Waals surface area (Å²) in [6.45, 7) is 3.31. The van der Waals surface area contributed by atoms with Gasteiger partial charge >= 0.3 is 0 Å². The van der Waals surface area contributed by atoms with Gasteiger partial charge in [-0.15, -0.1) is 0 Å². The number of rotatable bonds is 7. The van der Waals surface area contributed by atoms with E-state index in [0.29, 0.717) is 6.54 Å². The largest absolute Gasteiger partial charge is 0.378 e. The quantitative estimate of drug-likeness (QED) is 0.820. The van der Waals surface area contributed by atoms with Gasteiger partial charge in [0, 0.05) is 39.1 Å². The van der Waals surface area contributed by atoms with E-state index in [9.17, 15) is 4.79 Å². The van der Waals surface area contributed by atoms with Gasteiger partial charge in [-0.3, -0.25) is 4.79 Å². The minimum absolute atomic E-state index is 0.130. The first-order valence-electron chi connectivity index (χ1n) is 6.79. The van der Waals surface area contributed by atoms with Crippen LogP contribution in [0, 0.1) is 0 Å². The summed E-state index contributed by atoms with van der Waals surface area (Å²) in [6.07, 6.45) is 2.16. The number of hydrogen-bond acceptors (Lipinski definition) is 3. The monoisotopic (exact) mass is 263 g/mol. The van der Waals surface area contributed by atoms with Gasteiger partial charge in [-0.1, -0.05) is 13.3 Å². The van der Waals surface area contributed by atoms with Gasteiger partial charge in [-0.2, -0.15) is 0 Å². The lowest BCUT2D eigenvalue weighted by atomic mass is 10.2. The number of benzene rings is 1. The molecule has 0 atom stereocenters. The fourth-order valence-electron chi connectivity index (χ4n) is 1.71. The molecule has 0 spiro atoms. The maximum absolute atomic E-state index is 11.9. The molecule has 19 heavy (non-hydrogen) atoms. The summed E-state index contributed by atoms with van der Waals surface area (Å²) < 4.78 is 0. The maximum atomic E-state index is 11.9. The molecule has 0 saturated carbocycles. The van der Waals surface area contributed by atoms with Crippen molar-refractivity contribution in [3.05, 3.63) is 24.3 Å². The van der Waals surface area contributed by atoms with E-state index >= 15 is 0 Å². The third-order valence-electron chi connectivity index (χ3n) is 3.10. The van der Waals surface area contributed by atoms with E-state index < -0.39 is 0 Å². The molecule has 4 heteroatoms. The predicted octanol–water partition coefficient (Wildman–Crippen LogP) is 2.42. The van der Waals surface area contributed by atoms with E-state index in [0.717, 1.165) is 30.8 Å². The van der Waals surface area contributed by atoms with Gasteiger partial charge < -0.3 is 15.1 Å². The van der Waals surface area contributed by atoms with E-state index in [1.54, 1.807) is 4.90 Å². The summed E-state index contributed by atoms with van der Waals surface area (Å²) in [5, 5.41) is 3.16. The lowest BCUT2D eigenvalue weighted by molar-refractivity contribution is -0.128. The standard InChI is InChI=1S/C15H25N3O/c1-5-6-11-18(4)15(19)12-16-13-7-9-14(10-8-13)17(2)3/h7-10,16H,5-6,11-12H2,1-4H3. The van der Waals surface area contributed by atoms with Crippen LogP contribution in [-0.2, 0) is 4.79 Å². The minimum Gasteiger partial charge on any atom is -0.378 e. The number of nitrogens with one attached hydrogen (secondary N) is 1. The fourth-order valence-corrected chi connectivity index (χ4v) is 1.71. The van der Waals surface area contributed by atoms with Crippen molar-refractivity contribution in [1.82, 2.24) is 4.90 Å². The molecule has 1 N–H and O–H groups in total. The highest BCUT2D eigenvalue weighted by Gasteiger charge is 2.07. The molecule has 0 heterocycles. The van der Waals surface area contributed by atoms with Gasteiger partial charge in [-0.25, -0.2) is 0 Å². The first-order chi connectivity index (χ1) is 9.04. The lowest BCUT2D eigenvalue weighted by Crippen LogP contribution is -2.32. The van der Waals surface area contributed by atoms with Crippen LogP contribution in [0.5, 0.6) is 0 Å². The highest BCUT2D eigenvalue weighted by molar-refractivity contribution is 5.80. The van der Waals surface area contributed by atoms with Crippen LogP contribution in [0.25, 0.3) is 0 Å². The van der Waals surface area contributed by atoms with Gasteiger partial charge in [0.2, 0.25) is 5.91 Å². The van der Waals surface area contributed by atoms with Crippen LogP contribution >= 0.6 is 0 Å². The summed E-state index contributed by atoms with van der Waals surface area (Å²) in [6, 6.07) is 8.06. The zero-order chi connectivity index (χ0) is 14.3. The Morgan fingerprint density at radius 1 is 1.16 bits per heavy atom. The SMILES string of the molecule is CCCCN(C)C(=O)CNc1ccc(N(C)C)cc1. The van der Waals surface area contributed by atoms with Crippen LogP contribution in [0.15, 0.2) is 24.3 Å². The number of hydrogen-bond donors (Lipinski definition) is 1. The molecule has 1 aromatic carbocycles. The van der Waals surface area contributed by atoms with Crippen molar-refractivity contribution in [2.24, 2.45) is 0 Å². The zero-order valence-corrected chi connectivity index (χ0v) is 12.4. The second-order valence-corrected chi connectivity index (χ2v) is 4.96. The van der Waals surface area contributed by atoms with Crippen molar-refractivity contribution in [3.63, 3.8) is 0 Å². The molecule has 0 unspecified atom stereocenters. The number of carbonyl (C=O) groups is 1. The van der Waals surface area contributed by atoms with E-state index in [2.05, 4.69) is 12.2 Å². The van der Waals surface area contributed by atoms with Crippen LogP contribution < -0.4 is 10.2 Å². The Bertz CT molecular complexity index is 387. The Balaban J connectivity index is 2.41. The maximum Gasteiger partial charge on any atom is 0.241 e. The molecular formula is C15H25N3O. The molecule has 0 aliphatic carbocycles.